The molecule has 3 saturated carbocycles. The van der Waals surface area contributed by atoms with Gasteiger partial charge in [0.05, 0.1) is 24.0 Å². The Kier molecular flexibility index (Phi) is 16.2. The van der Waals surface area contributed by atoms with Crippen molar-refractivity contribution in [2.75, 3.05) is 13.2 Å². The zero-order valence-corrected chi connectivity index (χ0v) is 32.2. The molecule has 322 valence electrons. The lowest BCUT2D eigenvalue weighted by atomic mass is 9.84. The summed E-state index contributed by atoms with van der Waals surface area (Å²) >= 11 is 0. The van der Waals surface area contributed by atoms with Crippen LogP contribution in [0.2, 0.25) is 0 Å². The molecule has 17 heteroatoms. The van der Waals surface area contributed by atoms with Gasteiger partial charge in [-0.2, -0.15) is 26.3 Å². The fraction of sp³-hybridized carbons (Fsp3) is 0.683. The van der Waals surface area contributed by atoms with E-state index >= 15 is 0 Å². The van der Waals surface area contributed by atoms with Crippen molar-refractivity contribution < 1.29 is 74.0 Å². The molecule has 3 atom stereocenters. The third kappa shape index (κ3) is 14.4. The summed E-state index contributed by atoms with van der Waals surface area (Å²) in [6.07, 6.45) is 1.46. The highest BCUT2D eigenvalue weighted by Crippen LogP contribution is 2.35. The molecule has 0 bridgehead atoms. The highest BCUT2D eigenvalue weighted by atomic mass is 19.4. The second-order valence-electron chi connectivity index (χ2n) is 15.6. The van der Waals surface area contributed by atoms with Crippen LogP contribution in [0.25, 0.3) is 0 Å². The van der Waals surface area contributed by atoms with E-state index in [2.05, 4.69) is 0 Å². The molecule has 3 unspecified atom stereocenters. The van der Waals surface area contributed by atoms with Gasteiger partial charge >= 0.3 is 30.3 Å². The standard InChI is InChI=1S/C41H51F6NO10/c42-40(43,44)21-1-23-54-33-17-8-28(25-34(33)55-24-2-22-41(45,46)47)39(53)58-31-11-3-26(4-12-31)5-20-37(51)56-30-13-6-27(7-14-30)38(52)57-32-15-9-29(10-16-32)48-35(49)18-19-36(48)50/h5,9,15,18-20,26-28,30-31,33-34H,1-4,6-8,10-14,16-17,21-25H2/b20-5+. The topological polar surface area (TPSA) is 135 Å². The number of esters is 3. The van der Waals surface area contributed by atoms with Gasteiger partial charge in [-0.25, -0.2) is 9.69 Å². The third-order valence-electron chi connectivity index (χ3n) is 11.2. The highest BCUT2D eigenvalue weighted by Gasteiger charge is 2.38. The maximum atomic E-state index is 13.1. The van der Waals surface area contributed by atoms with Gasteiger partial charge in [-0.05, 0) is 108 Å². The molecule has 0 N–H and O–H groups in total. The summed E-state index contributed by atoms with van der Waals surface area (Å²) in [5.74, 6) is -2.48. The molecule has 4 aliphatic carbocycles. The zero-order valence-electron chi connectivity index (χ0n) is 32.2. The number of hydrogen-bond donors (Lipinski definition) is 0. The van der Waals surface area contributed by atoms with Crippen LogP contribution in [-0.2, 0) is 47.7 Å². The fourth-order valence-electron chi connectivity index (χ4n) is 7.96. The summed E-state index contributed by atoms with van der Waals surface area (Å²) < 4.78 is 104. The van der Waals surface area contributed by atoms with Crippen molar-refractivity contribution in [3.63, 3.8) is 0 Å². The molecule has 1 heterocycles. The average Bonchev–Trinajstić information content (AvgIpc) is 3.51. The van der Waals surface area contributed by atoms with Crippen LogP contribution in [0.3, 0.4) is 0 Å². The minimum Gasteiger partial charge on any atom is -0.462 e. The van der Waals surface area contributed by atoms with Gasteiger partial charge in [-0.3, -0.25) is 19.2 Å². The normalized spacial score (nSPS) is 28.3. The Morgan fingerprint density at radius 2 is 1.24 bits per heavy atom. The molecule has 2 amide bonds. The molecule has 0 aromatic carbocycles. The molecule has 0 saturated heterocycles. The Labute approximate surface area is 333 Å². The quantitative estimate of drug-likeness (QED) is 0.0376. The van der Waals surface area contributed by atoms with Gasteiger partial charge in [-0.15, -0.1) is 0 Å². The molecule has 1 aliphatic heterocycles. The Hall–Kier alpha value is -3.99. The summed E-state index contributed by atoms with van der Waals surface area (Å²) in [6, 6.07) is 0. The van der Waals surface area contributed by atoms with Gasteiger partial charge in [0.1, 0.15) is 18.0 Å². The van der Waals surface area contributed by atoms with Crippen molar-refractivity contribution in [2.24, 2.45) is 17.8 Å². The number of carbonyl (C=O) groups is 5. The number of alkyl halides is 6. The van der Waals surface area contributed by atoms with Crippen molar-refractivity contribution in [1.82, 2.24) is 4.90 Å². The predicted molar refractivity (Wildman–Crippen MR) is 193 cm³/mol. The number of amides is 2. The van der Waals surface area contributed by atoms with E-state index in [1.54, 1.807) is 18.2 Å². The maximum Gasteiger partial charge on any atom is 0.389 e. The average molecular weight is 832 g/mol. The highest BCUT2D eigenvalue weighted by molar-refractivity contribution is 6.14. The van der Waals surface area contributed by atoms with Crippen LogP contribution < -0.4 is 0 Å². The smallest absolute Gasteiger partial charge is 0.389 e. The summed E-state index contributed by atoms with van der Waals surface area (Å²) in [5.41, 5.74) is 0.545. The molecule has 5 rings (SSSR count). The van der Waals surface area contributed by atoms with E-state index < -0.39 is 67.1 Å². The summed E-state index contributed by atoms with van der Waals surface area (Å²) in [7, 11) is 0. The first kappa shape index (κ1) is 45.1. The van der Waals surface area contributed by atoms with E-state index in [1.807, 2.05) is 0 Å². The van der Waals surface area contributed by atoms with Crippen molar-refractivity contribution in [3.05, 3.63) is 47.9 Å². The van der Waals surface area contributed by atoms with Crippen LogP contribution in [0, 0.1) is 17.8 Å². The van der Waals surface area contributed by atoms with Gasteiger partial charge in [0.15, 0.2) is 0 Å². The Bertz CT molecular complexity index is 1570. The van der Waals surface area contributed by atoms with Gasteiger partial charge in [0, 0.05) is 56.4 Å². The first-order valence-electron chi connectivity index (χ1n) is 20.2. The largest absolute Gasteiger partial charge is 0.462 e. The maximum absolute atomic E-state index is 13.1. The summed E-state index contributed by atoms with van der Waals surface area (Å²) in [5, 5.41) is 0. The minimum absolute atomic E-state index is 0.0698. The lowest BCUT2D eigenvalue weighted by molar-refractivity contribution is -0.166. The Morgan fingerprint density at radius 3 is 1.83 bits per heavy atom. The van der Waals surface area contributed by atoms with Crippen molar-refractivity contribution in [1.29, 1.82) is 0 Å². The number of imide groups is 1. The van der Waals surface area contributed by atoms with E-state index in [4.69, 9.17) is 23.7 Å². The zero-order chi connectivity index (χ0) is 41.9. The molecule has 11 nitrogen and oxygen atoms in total. The first-order valence-corrected chi connectivity index (χ1v) is 20.2. The van der Waals surface area contributed by atoms with Crippen LogP contribution in [0.1, 0.15) is 109 Å². The van der Waals surface area contributed by atoms with E-state index in [9.17, 15) is 50.3 Å². The minimum atomic E-state index is -4.35. The second-order valence-corrected chi connectivity index (χ2v) is 15.6. The lowest BCUT2D eigenvalue weighted by Gasteiger charge is -2.36. The van der Waals surface area contributed by atoms with Crippen molar-refractivity contribution in [3.8, 4) is 0 Å². The van der Waals surface area contributed by atoms with Gasteiger partial charge in [0.25, 0.3) is 11.8 Å². The first-order chi connectivity index (χ1) is 27.5. The molecular formula is C41H51F6NO10. The monoisotopic (exact) mass is 831 g/mol. The number of nitrogens with zero attached hydrogens (tertiary/aromatic N) is 1. The van der Waals surface area contributed by atoms with Gasteiger partial charge in [-0.1, -0.05) is 6.08 Å². The van der Waals surface area contributed by atoms with Crippen LogP contribution in [0.4, 0.5) is 26.3 Å². The number of ether oxygens (including phenoxy) is 5. The summed E-state index contributed by atoms with van der Waals surface area (Å²) in [6.45, 7) is -0.418. The number of hydrogen-bond acceptors (Lipinski definition) is 10. The molecule has 5 aliphatic rings. The van der Waals surface area contributed by atoms with Crippen LogP contribution in [-0.4, -0.2) is 84.6 Å². The lowest BCUT2D eigenvalue weighted by Crippen LogP contribution is -2.41. The molecule has 3 fully saturated rings. The second kappa shape index (κ2) is 20.8. The molecule has 0 spiro atoms. The van der Waals surface area contributed by atoms with E-state index in [-0.39, 0.29) is 62.5 Å². The Morgan fingerprint density at radius 1 is 0.672 bits per heavy atom. The number of rotatable bonds is 16. The molecular weight excluding hydrogens is 780 g/mol. The van der Waals surface area contributed by atoms with Gasteiger partial charge in [0.2, 0.25) is 0 Å². The molecule has 0 radical (unpaired) electrons. The number of allylic oxidation sites excluding steroid dienone is 5. The molecule has 58 heavy (non-hydrogen) atoms. The van der Waals surface area contributed by atoms with Crippen molar-refractivity contribution in [2.45, 2.75) is 146 Å². The SMILES string of the molecule is O=C(/C=C/C1CCC(OC(=O)C2CCC(OCCCC(F)(F)F)C(OCCCC(F)(F)F)C2)CC1)OC1CCC(C(=O)OC2=CC=C(N3C(=O)C=CC3=O)CC2)CC1. The Balaban J connectivity index is 0.975. The van der Waals surface area contributed by atoms with Crippen LogP contribution in [0.15, 0.2) is 47.9 Å². The van der Waals surface area contributed by atoms with E-state index in [0.29, 0.717) is 88.5 Å². The van der Waals surface area contributed by atoms with E-state index in [1.165, 1.54) is 18.2 Å². The summed E-state index contributed by atoms with van der Waals surface area (Å²) in [4.78, 5) is 63.5. The molecule has 0 aromatic heterocycles. The number of carbonyl (C=O) groups excluding carboxylic acids is 5. The van der Waals surface area contributed by atoms with Gasteiger partial charge < -0.3 is 23.7 Å². The van der Waals surface area contributed by atoms with E-state index in [0.717, 1.165) is 4.90 Å². The molecule has 0 aromatic rings. The third-order valence-corrected chi connectivity index (χ3v) is 11.2. The van der Waals surface area contributed by atoms with Crippen LogP contribution >= 0.6 is 0 Å². The fourth-order valence-corrected chi connectivity index (χ4v) is 7.96. The number of halogens is 6. The van der Waals surface area contributed by atoms with Crippen molar-refractivity contribution >= 4 is 29.7 Å². The predicted octanol–water partition coefficient (Wildman–Crippen LogP) is 8.03. The van der Waals surface area contributed by atoms with Crippen LogP contribution in [0.5, 0.6) is 0 Å².